The molecule has 3 atom stereocenters. The van der Waals surface area contributed by atoms with Crippen molar-refractivity contribution >= 4 is 17.5 Å². The van der Waals surface area contributed by atoms with E-state index in [2.05, 4.69) is 5.32 Å². The van der Waals surface area contributed by atoms with E-state index in [-0.39, 0.29) is 24.3 Å². The van der Waals surface area contributed by atoms with Gasteiger partial charge in [-0.25, -0.2) is 0 Å². The van der Waals surface area contributed by atoms with Crippen molar-refractivity contribution in [1.82, 2.24) is 5.32 Å². The predicted molar refractivity (Wildman–Crippen MR) is 132 cm³/mol. The summed E-state index contributed by atoms with van der Waals surface area (Å²) < 4.78 is 10.9. The molecule has 0 aliphatic carbocycles. The van der Waals surface area contributed by atoms with E-state index in [4.69, 9.17) is 9.47 Å². The summed E-state index contributed by atoms with van der Waals surface area (Å²) in [6, 6.07) is 24.1. The number of para-hydroxylation sites is 1. The van der Waals surface area contributed by atoms with Gasteiger partial charge in [-0.2, -0.15) is 0 Å². The molecule has 3 aromatic rings. The van der Waals surface area contributed by atoms with E-state index in [1.165, 1.54) is 0 Å². The summed E-state index contributed by atoms with van der Waals surface area (Å²) in [5.74, 6) is 0.796. The zero-order valence-electron chi connectivity index (χ0n) is 19.7. The number of hydrogen-bond donors (Lipinski definition) is 1. The Morgan fingerprint density at radius 1 is 0.941 bits per heavy atom. The Morgan fingerprint density at radius 3 is 2.29 bits per heavy atom. The quantitative estimate of drug-likeness (QED) is 0.537. The van der Waals surface area contributed by atoms with Gasteiger partial charge in [-0.15, -0.1) is 0 Å². The third-order valence-electron chi connectivity index (χ3n) is 6.40. The lowest BCUT2D eigenvalue weighted by atomic mass is 9.82. The summed E-state index contributed by atoms with van der Waals surface area (Å²) in [4.78, 5) is 28.6. The van der Waals surface area contributed by atoms with Crippen LogP contribution in [0.3, 0.4) is 0 Å². The number of nitrogens with one attached hydrogen (secondary N) is 1. The van der Waals surface area contributed by atoms with Crippen LogP contribution in [-0.2, 0) is 9.59 Å². The Balaban J connectivity index is 1.73. The zero-order chi connectivity index (χ0) is 24.1. The number of nitrogens with zero attached hydrogens (tertiary/aromatic N) is 1. The molecule has 1 fully saturated rings. The molecule has 0 spiro atoms. The van der Waals surface area contributed by atoms with Crippen molar-refractivity contribution in [3.05, 3.63) is 90.0 Å². The lowest BCUT2D eigenvalue weighted by Crippen LogP contribution is -2.48. The molecule has 4 rings (SSSR count). The van der Waals surface area contributed by atoms with Crippen molar-refractivity contribution in [2.75, 3.05) is 19.1 Å². The van der Waals surface area contributed by atoms with Crippen LogP contribution in [-0.4, -0.2) is 26.0 Å². The van der Waals surface area contributed by atoms with Crippen molar-refractivity contribution in [2.24, 2.45) is 5.92 Å². The number of amides is 2. The van der Waals surface area contributed by atoms with Crippen LogP contribution in [0.5, 0.6) is 11.5 Å². The fourth-order valence-corrected chi connectivity index (χ4v) is 4.63. The second-order valence-corrected chi connectivity index (χ2v) is 8.43. The molecule has 0 saturated carbocycles. The number of rotatable bonds is 7. The summed E-state index contributed by atoms with van der Waals surface area (Å²) in [6.45, 7) is 1.97. The molecule has 0 unspecified atom stereocenters. The lowest BCUT2D eigenvalue weighted by Gasteiger charge is -2.41. The predicted octanol–water partition coefficient (Wildman–Crippen LogP) is 5.07. The first-order valence-electron chi connectivity index (χ1n) is 11.5. The highest BCUT2D eigenvalue weighted by Gasteiger charge is 2.42. The monoisotopic (exact) mass is 458 g/mol. The van der Waals surface area contributed by atoms with Gasteiger partial charge in [0.15, 0.2) is 0 Å². The molecule has 1 heterocycles. The SMILES string of the molecule is COc1ccc(N2C(=O)CC[C@H](C(=O)N[C@@H](C)c3ccccc3)[C@H]2c2ccccc2OC)cc1. The van der Waals surface area contributed by atoms with Gasteiger partial charge in [0.2, 0.25) is 11.8 Å². The summed E-state index contributed by atoms with van der Waals surface area (Å²) in [5.41, 5.74) is 2.56. The van der Waals surface area contributed by atoms with E-state index in [0.717, 1.165) is 16.8 Å². The molecular weight excluding hydrogens is 428 g/mol. The van der Waals surface area contributed by atoms with E-state index in [1.54, 1.807) is 19.1 Å². The molecule has 6 heteroatoms. The second kappa shape index (κ2) is 10.4. The normalized spacial score (nSPS) is 18.8. The lowest BCUT2D eigenvalue weighted by molar-refractivity contribution is -0.129. The summed E-state index contributed by atoms with van der Waals surface area (Å²) in [6.07, 6.45) is 0.747. The Hall–Kier alpha value is -3.80. The van der Waals surface area contributed by atoms with Gasteiger partial charge in [0.05, 0.1) is 32.2 Å². The highest BCUT2D eigenvalue weighted by atomic mass is 16.5. The second-order valence-electron chi connectivity index (χ2n) is 8.43. The number of piperidine rings is 1. The molecule has 3 aromatic carbocycles. The minimum absolute atomic E-state index is 0.0266. The molecular formula is C28H30N2O4. The van der Waals surface area contributed by atoms with Crippen LogP contribution in [0.1, 0.15) is 43.0 Å². The number of ether oxygens (including phenoxy) is 2. The molecule has 1 aliphatic heterocycles. The molecule has 1 saturated heterocycles. The van der Waals surface area contributed by atoms with Gasteiger partial charge in [0, 0.05) is 17.7 Å². The number of carbonyl (C=O) groups excluding carboxylic acids is 2. The third-order valence-corrected chi connectivity index (χ3v) is 6.40. The maximum atomic E-state index is 13.6. The number of carbonyl (C=O) groups is 2. The first-order chi connectivity index (χ1) is 16.5. The van der Waals surface area contributed by atoms with E-state index < -0.39 is 12.0 Å². The minimum atomic E-state index is -0.506. The molecule has 0 radical (unpaired) electrons. The largest absolute Gasteiger partial charge is 0.497 e. The van der Waals surface area contributed by atoms with Crippen molar-refractivity contribution in [1.29, 1.82) is 0 Å². The highest BCUT2D eigenvalue weighted by molar-refractivity contribution is 5.97. The summed E-state index contributed by atoms with van der Waals surface area (Å²) >= 11 is 0. The highest BCUT2D eigenvalue weighted by Crippen LogP contribution is 2.43. The first-order valence-corrected chi connectivity index (χ1v) is 11.5. The summed E-state index contributed by atoms with van der Waals surface area (Å²) in [7, 11) is 3.21. The van der Waals surface area contributed by atoms with Gasteiger partial charge < -0.3 is 19.7 Å². The van der Waals surface area contributed by atoms with Crippen LogP contribution >= 0.6 is 0 Å². The van der Waals surface area contributed by atoms with Crippen LogP contribution in [0, 0.1) is 5.92 Å². The zero-order valence-corrected chi connectivity index (χ0v) is 19.7. The van der Waals surface area contributed by atoms with Crippen molar-refractivity contribution in [3.63, 3.8) is 0 Å². The number of methoxy groups -OCH3 is 2. The Morgan fingerprint density at radius 2 is 1.62 bits per heavy atom. The van der Waals surface area contributed by atoms with Crippen LogP contribution in [0.15, 0.2) is 78.9 Å². The molecule has 0 bridgehead atoms. The minimum Gasteiger partial charge on any atom is -0.497 e. The first kappa shape index (κ1) is 23.4. The maximum Gasteiger partial charge on any atom is 0.227 e. The van der Waals surface area contributed by atoms with Crippen molar-refractivity contribution in [3.8, 4) is 11.5 Å². The Kier molecular flexibility index (Phi) is 7.16. The smallest absolute Gasteiger partial charge is 0.227 e. The standard InChI is InChI=1S/C28H30N2O4/c1-19(20-9-5-4-6-10-20)29-28(32)24-17-18-26(31)30(21-13-15-22(33-2)16-14-21)27(24)23-11-7-8-12-25(23)34-3/h4-16,19,24,27H,17-18H2,1-3H3,(H,29,32)/t19-,24-,27+/m0/s1. The van der Waals surface area contributed by atoms with Crippen molar-refractivity contribution < 1.29 is 19.1 Å². The van der Waals surface area contributed by atoms with Crippen LogP contribution < -0.4 is 19.7 Å². The topological polar surface area (TPSA) is 67.9 Å². The van der Waals surface area contributed by atoms with E-state index >= 15 is 0 Å². The Bertz CT molecular complexity index is 1130. The number of benzene rings is 3. The third kappa shape index (κ3) is 4.76. The molecule has 34 heavy (non-hydrogen) atoms. The van der Waals surface area contributed by atoms with Gasteiger partial charge in [-0.1, -0.05) is 48.5 Å². The molecule has 0 aromatic heterocycles. The van der Waals surface area contributed by atoms with Gasteiger partial charge in [0.1, 0.15) is 11.5 Å². The molecule has 176 valence electrons. The van der Waals surface area contributed by atoms with Gasteiger partial charge in [-0.3, -0.25) is 9.59 Å². The average Bonchev–Trinajstić information content (AvgIpc) is 2.89. The van der Waals surface area contributed by atoms with Crippen LogP contribution in [0.25, 0.3) is 0 Å². The molecule has 1 aliphatic rings. The van der Waals surface area contributed by atoms with Crippen LogP contribution in [0.2, 0.25) is 0 Å². The fourth-order valence-electron chi connectivity index (χ4n) is 4.63. The fraction of sp³-hybridized carbons (Fsp3) is 0.286. The maximum absolute atomic E-state index is 13.6. The van der Waals surface area contributed by atoms with Gasteiger partial charge in [0.25, 0.3) is 0 Å². The van der Waals surface area contributed by atoms with E-state index in [9.17, 15) is 9.59 Å². The molecule has 2 amide bonds. The molecule has 6 nitrogen and oxygen atoms in total. The van der Waals surface area contributed by atoms with E-state index in [1.807, 2.05) is 85.8 Å². The molecule has 1 N–H and O–H groups in total. The van der Waals surface area contributed by atoms with E-state index in [0.29, 0.717) is 17.9 Å². The van der Waals surface area contributed by atoms with Crippen LogP contribution in [0.4, 0.5) is 5.69 Å². The Labute approximate surface area is 200 Å². The van der Waals surface area contributed by atoms with Gasteiger partial charge >= 0.3 is 0 Å². The average molecular weight is 459 g/mol. The number of anilines is 1. The number of hydrogen-bond acceptors (Lipinski definition) is 4. The van der Waals surface area contributed by atoms with Gasteiger partial charge in [-0.05, 0) is 49.2 Å². The summed E-state index contributed by atoms with van der Waals surface area (Å²) in [5, 5.41) is 3.17. The van der Waals surface area contributed by atoms with Crippen molar-refractivity contribution in [2.45, 2.75) is 31.8 Å².